The average molecular weight is 259 g/mol. The second-order valence-electron chi connectivity index (χ2n) is 4.57. The predicted octanol–water partition coefficient (Wildman–Crippen LogP) is 3.88. The number of benzene rings is 2. The highest BCUT2D eigenvalue weighted by Crippen LogP contribution is 2.20. The lowest BCUT2D eigenvalue weighted by molar-refractivity contribution is 0.409. The van der Waals surface area contributed by atoms with Crippen molar-refractivity contribution in [3.63, 3.8) is 0 Å². The van der Waals surface area contributed by atoms with E-state index in [1.165, 1.54) is 12.1 Å². The van der Waals surface area contributed by atoms with Gasteiger partial charge in [-0.25, -0.2) is 4.39 Å². The molecule has 3 heteroatoms. The van der Waals surface area contributed by atoms with Crippen molar-refractivity contribution in [2.24, 2.45) is 0 Å². The summed E-state index contributed by atoms with van der Waals surface area (Å²) in [5.41, 5.74) is 2.08. The van der Waals surface area contributed by atoms with Gasteiger partial charge >= 0.3 is 0 Å². The van der Waals surface area contributed by atoms with Gasteiger partial charge in [-0.05, 0) is 49.2 Å². The van der Waals surface area contributed by atoms with Crippen molar-refractivity contribution in [3.05, 3.63) is 59.9 Å². The van der Waals surface area contributed by atoms with Crippen molar-refractivity contribution in [1.29, 1.82) is 0 Å². The first-order valence-corrected chi connectivity index (χ1v) is 6.33. The van der Waals surface area contributed by atoms with Crippen LogP contribution in [0.2, 0.25) is 0 Å². The summed E-state index contributed by atoms with van der Waals surface area (Å²) in [6, 6.07) is 14.6. The number of para-hydroxylation sites is 1. The Morgan fingerprint density at radius 3 is 2.47 bits per heavy atom. The highest BCUT2D eigenvalue weighted by Gasteiger charge is 2.07. The van der Waals surface area contributed by atoms with Gasteiger partial charge in [0.2, 0.25) is 0 Å². The van der Waals surface area contributed by atoms with Crippen LogP contribution in [0.4, 0.5) is 10.1 Å². The molecular formula is C16H18FNO. The fourth-order valence-corrected chi connectivity index (χ4v) is 2.08. The minimum Gasteiger partial charge on any atom is -0.496 e. The second-order valence-corrected chi connectivity index (χ2v) is 4.57. The van der Waals surface area contributed by atoms with Crippen LogP contribution in [0.1, 0.15) is 12.5 Å². The first kappa shape index (κ1) is 13.4. The van der Waals surface area contributed by atoms with Crippen LogP contribution in [0, 0.1) is 5.82 Å². The van der Waals surface area contributed by atoms with Gasteiger partial charge in [0, 0.05) is 11.7 Å². The minimum atomic E-state index is -0.220. The van der Waals surface area contributed by atoms with Gasteiger partial charge in [0.1, 0.15) is 11.6 Å². The number of anilines is 1. The van der Waals surface area contributed by atoms with Crippen molar-refractivity contribution in [2.45, 2.75) is 19.4 Å². The van der Waals surface area contributed by atoms with Crippen LogP contribution in [-0.4, -0.2) is 13.2 Å². The van der Waals surface area contributed by atoms with Crippen molar-refractivity contribution in [3.8, 4) is 5.75 Å². The Morgan fingerprint density at radius 2 is 1.79 bits per heavy atom. The Labute approximate surface area is 113 Å². The molecule has 0 amide bonds. The molecular weight excluding hydrogens is 241 g/mol. The zero-order chi connectivity index (χ0) is 13.7. The Bertz CT molecular complexity index is 525. The van der Waals surface area contributed by atoms with Gasteiger partial charge in [0.05, 0.1) is 7.11 Å². The highest BCUT2D eigenvalue weighted by atomic mass is 19.1. The topological polar surface area (TPSA) is 21.3 Å². The molecule has 2 rings (SSSR count). The summed E-state index contributed by atoms with van der Waals surface area (Å²) < 4.78 is 18.2. The molecule has 2 aromatic rings. The fourth-order valence-electron chi connectivity index (χ4n) is 2.08. The number of halogens is 1. The van der Waals surface area contributed by atoms with Crippen molar-refractivity contribution in [1.82, 2.24) is 0 Å². The standard InChI is InChI=1S/C16H18FNO/c1-12(18-15-9-7-14(17)8-10-15)11-13-5-3-4-6-16(13)19-2/h3-10,12,18H,11H2,1-2H3. The molecule has 2 nitrogen and oxygen atoms in total. The summed E-state index contributed by atoms with van der Waals surface area (Å²) in [6.07, 6.45) is 0.849. The molecule has 0 fully saturated rings. The van der Waals surface area contributed by atoms with Crippen LogP contribution >= 0.6 is 0 Å². The summed E-state index contributed by atoms with van der Waals surface area (Å²) in [5, 5.41) is 3.35. The second kappa shape index (κ2) is 6.23. The van der Waals surface area contributed by atoms with E-state index in [0.29, 0.717) is 0 Å². The molecule has 0 bridgehead atoms. The van der Waals surface area contributed by atoms with E-state index >= 15 is 0 Å². The largest absolute Gasteiger partial charge is 0.496 e. The van der Waals surface area contributed by atoms with Gasteiger partial charge in [0.15, 0.2) is 0 Å². The molecule has 0 radical (unpaired) electrons. The molecule has 0 aromatic heterocycles. The van der Waals surface area contributed by atoms with E-state index in [-0.39, 0.29) is 11.9 Å². The first-order valence-electron chi connectivity index (χ1n) is 6.33. The number of hydrogen-bond acceptors (Lipinski definition) is 2. The molecule has 0 aliphatic rings. The molecule has 100 valence electrons. The maximum Gasteiger partial charge on any atom is 0.123 e. The Kier molecular flexibility index (Phi) is 4.39. The SMILES string of the molecule is COc1ccccc1CC(C)Nc1ccc(F)cc1. The van der Waals surface area contributed by atoms with E-state index < -0.39 is 0 Å². The average Bonchev–Trinajstić information content (AvgIpc) is 2.42. The molecule has 0 heterocycles. The van der Waals surface area contributed by atoms with Crippen LogP contribution < -0.4 is 10.1 Å². The van der Waals surface area contributed by atoms with E-state index in [1.54, 1.807) is 19.2 Å². The Balaban J connectivity index is 2.01. The van der Waals surface area contributed by atoms with Crippen LogP contribution in [0.15, 0.2) is 48.5 Å². The van der Waals surface area contributed by atoms with Gasteiger partial charge < -0.3 is 10.1 Å². The number of methoxy groups -OCH3 is 1. The summed E-state index contributed by atoms with van der Waals surface area (Å²) in [6.45, 7) is 2.09. The van der Waals surface area contributed by atoms with Gasteiger partial charge in [0.25, 0.3) is 0 Å². The van der Waals surface area contributed by atoms with E-state index in [0.717, 1.165) is 23.4 Å². The number of rotatable bonds is 5. The quantitative estimate of drug-likeness (QED) is 0.880. The minimum absolute atomic E-state index is 0.220. The molecule has 0 aliphatic heterocycles. The molecule has 0 saturated heterocycles. The molecule has 0 spiro atoms. The van der Waals surface area contributed by atoms with E-state index in [9.17, 15) is 4.39 Å². The summed E-state index contributed by atoms with van der Waals surface area (Å²) in [4.78, 5) is 0. The van der Waals surface area contributed by atoms with Crippen LogP contribution in [-0.2, 0) is 6.42 Å². The molecule has 1 unspecified atom stereocenters. The molecule has 19 heavy (non-hydrogen) atoms. The van der Waals surface area contributed by atoms with E-state index in [2.05, 4.69) is 18.3 Å². The molecule has 1 N–H and O–H groups in total. The van der Waals surface area contributed by atoms with E-state index in [1.807, 2.05) is 18.2 Å². The third kappa shape index (κ3) is 3.71. The summed E-state index contributed by atoms with van der Waals surface area (Å²) in [7, 11) is 1.68. The summed E-state index contributed by atoms with van der Waals surface area (Å²) in [5.74, 6) is 0.679. The van der Waals surface area contributed by atoms with Crippen molar-refractivity contribution in [2.75, 3.05) is 12.4 Å². The summed E-state index contributed by atoms with van der Waals surface area (Å²) >= 11 is 0. The molecule has 2 aromatic carbocycles. The van der Waals surface area contributed by atoms with Crippen LogP contribution in [0.25, 0.3) is 0 Å². The van der Waals surface area contributed by atoms with Gasteiger partial charge in [-0.3, -0.25) is 0 Å². The Hall–Kier alpha value is -2.03. The highest BCUT2D eigenvalue weighted by molar-refractivity contribution is 5.44. The zero-order valence-corrected chi connectivity index (χ0v) is 11.2. The van der Waals surface area contributed by atoms with Crippen molar-refractivity contribution >= 4 is 5.69 Å². The molecule has 0 aliphatic carbocycles. The lowest BCUT2D eigenvalue weighted by atomic mass is 10.1. The smallest absolute Gasteiger partial charge is 0.123 e. The van der Waals surface area contributed by atoms with Gasteiger partial charge in [-0.2, -0.15) is 0 Å². The number of ether oxygens (including phenoxy) is 1. The van der Waals surface area contributed by atoms with Crippen molar-refractivity contribution < 1.29 is 9.13 Å². The number of hydrogen-bond donors (Lipinski definition) is 1. The molecule has 0 saturated carbocycles. The first-order chi connectivity index (χ1) is 9.19. The Morgan fingerprint density at radius 1 is 1.11 bits per heavy atom. The predicted molar refractivity (Wildman–Crippen MR) is 76.2 cm³/mol. The third-order valence-electron chi connectivity index (χ3n) is 2.98. The van der Waals surface area contributed by atoms with Crippen LogP contribution in [0.5, 0.6) is 5.75 Å². The third-order valence-corrected chi connectivity index (χ3v) is 2.98. The lowest BCUT2D eigenvalue weighted by Gasteiger charge is -2.17. The van der Waals surface area contributed by atoms with E-state index in [4.69, 9.17) is 4.74 Å². The normalized spacial score (nSPS) is 11.9. The number of nitrogens with one attached hydrogen (secondary N) is 1. The zero-order valence-electron chi connectivity index (χ0n) is 11.2. The lowest BCUT2D eigenvalue weighted by Crippen LogP contribution is -2.18. The fraction of sp³-hybridized carbons (Fsp3) is 0.250. The maximum absolute atomic E-state index is 12.8. The maximum atomic E-state index is 12.8. The molecule has 1 atom stereocenters. The van der Waals surface area contributed by atoms with Gasteiger partial charge in [-0.1, -0.05) is 18.2 Å². The van der Waals surface area contributed by atoms with Crippen LogP contribution in [0.3, 0.4) is 0 Å². The van der Waals surface area contributed by atoms with Gasteiger partial charge in [-0.15, -0.1) is 0 Å². The monoisotopic (exact) mass is 259 g/mol.